The van der Waals surface area contributed by atoms with E-state index in [-0.39, 0.29) is 11.9 Å². The van der Waals surface area contributed by atoms with Crippen molar-refractivity contribution < 1.29 is 9.59 Å². The van der Waals surface area contributed by atoms with Gasteiger partial charge in [0.15, 0.2) is 6.29 Å². The maximum absolute atomic E-state index is 10.6. The van der Waals surface area contributed by atoms with E-state index in [1.165, 1.54) is 18.4 Å². The molecule has 0 heterocycles. The molecule has 0 aliphatic rings. The van der Waals surface area contributed by atoms with Crippen molar-refractivity contribution >= 4 is 12.1 Å². The third kappa shape index (κ3) is 3.32. The molecule has 0 bridgehead atoms. The summed E-state index contributed by atoms with van der Waals surface area (Å²) in [5, 5.41) is 11.0. The molecule has 0 aliphatic carbocycles. The summed E-state index contributed by atoms with van der Waals surface area (Å²) in [6.07, 6.45) is 4.39. The lowest BCUT2D eigenvalue weighted by molar-refractivity contribution is -0.127. The SMILES string of the molecule is CN/C=C/C=C(\C#N)C(=O)C=O. The van der Waals surface area contributed by atoms with Crippen molar-refractivity contribution in [3.05, 3.63) is 23.9 Å². The van der Waals surface area contributed by atoms with Crippen LogP contribution in [0.1, 0.15) is 0 Å². The molecule has 0 atom stereocenters. The number of hydrogen-bond acceptors (Lipinski definition) is 4. The summed E-state index contributed by atoms with van der Waals surface area (Å²) in [4.78, 5) is 20.6. The molecular weight excluding hydrogens is 156 g/mol. The Bertz CT molecular complexity index is 271. The van der Waals surface area contributed by atoms with Crippen LogP contribution in [-0.2, 0) is 9.59 Å². The minimum Gasteiger partial charge on any atom is -0.394 e. The molecule has 0 amide bonds. The fraction of sp³-hybridized carbons (Fsp3) is 0.125. The lowest BCUT2D eigenvalue weighted by atomic mass is 10.2. The van der Waals surface area contributed by atoms with Gasteiger partial charge in [0.1, 0.15) is 11.6 Å². The van der Waals surface area contributed by atoms with Gasteiger partial charge in [0.2, 0.25) is 5.78 Å². The molecule has 0 aliphatic heterocycles. The second kappa shape index (κ2) is 5.86. The Labute approximate surface area is 70.2 Å². The summed E-state index contributed by atoms with van der Waals surface area (Å²) in [5.41, 5.74) is -0.170. The Balaban J connectivity index is 4.46. The summed E-state index contributed by atoms with van der Waals surface area (Å²) in [7, 11) is 1.68. The molecule has 0 aromatic rings. The van der Waals surface area contributed by atoms with Crippen molar-refractivity contribution in [1.82, 2.24) is 5.32 Å². The lowest BCUT2D eigenvalue weighted by Gasteiger charge is -1.85. The van der Waals surface area contributed by atoms with Crippen LogP contribution >= 0.6 is 0 Å². The number of nitriles is 1. The van der Waals surface area contributed by atoms with E-state index in [1.54, 1.807) is 13.1 Å². The van der Waals surface area contributed by atoms with E-state index in [0.29, 0.717) is 0 Å². The van der Waals surface area contributed by atoms with Crippen molar-refractivity contribution in [2.24, 2.45) is 0 Å². The van der Waals surface area contributed by atoms with E-state index in [2.05, 4.69) is 5.32 Å². The van der Waals surface area contributed by atoms with Crippen molar-refractivity contribution in [3.63, 3.8) is 0 Å². The fourth-order valence-corrected chi connectivity index (χ4v) is 0.479. The maximum atomic E-state index is 10.6. The van der Waals surface area contributed by atoms with Gasteiger partial charge in [-0.3, -0.25) is 9.59 Å². The number of ketones is 1. The van der Waals surface area contributed by atoms with Gasteiger partial charge in [0, 0.05) is 7.05 Å². The van der Waals surface area contributed by atoms with Crippen molar-refractivity contribution in [1.29, 1.82) is 5.26 Å². The third-order valence-corrected chi connectivity index (χ3v) is 1.02. The number of nitrogens with zero attached hydrogens (tertiary/aromatic N) is 1. The first-order valence-corrected chi connectivity index (χ1v) is 3.20. The Kier molecular flexibility index (Phi) is 4.94. The number of rotatable bonds is 4. The number of aldehydes is 1. The first-order valence-electron chi connectivity index (χ1n) is 3.20. The van der Waals surface area contributed by atoms with E-state index in [0.717, 1.165) is 0 Å². The molecule has 12 heavy (non-hydrogen) atoms. The van der Waals surface area contributed by atoms with Crippen LogP contribution in [0.5, 0.6) is 0 Å². The van der Waals surface area contributed by atoms with Crippen LogP contribution in [0, 0.1) is 11.3 Å². The maximum Gasteiger partial charge on any atom is 0.235 e. The number of Topliss-reactive ketones (excluding diaryl/α,β-unsaturated/α-hetero) is 1. The minimum absolute atomic E-state index is 0.113. The van der Waals surface area contributed by atoms with Crippen molar-refractivity contribution in [3.8, 4) is 6.07 Å². The molecule has 4 heteroatoms. The topological polar surface area (TPSA) is 70.0 Å². The fourth-order valence-electron chi connectivity index (χ4n) is 0.479. The Morgan fingerprint density at radius 3 is 2.67 bits per heavy atom. The molecule has 0 saturated heterocycles. The van der Waals surface area contributed by atoms with Crippen LogP contribution < -0.4 is 5.32 Å². The largest absolute Gasteiger partial charge is 0.394 e. The highest BCUT2D eigenvalue weighted by molar-refractivity contribution is 6.34. The molecule has 0 aromatic heterocycles. The quantitative estimate of drug-likeness (QED) is 0.208. The molecule has 0 unspecified atom stereocenters. The highest BCUT2D eigenvalue weighted by Crippen LogP contribution is 1.92. The van der Waals surface area contributed by atoms with E-state index >= 15 is 0 Å². The van der Waals surface area contributed by atoms with E-state index in [1.807, 2.05) is 0 Å². The van der Waals surface area contributed by atoms with Crippen LogP contribution in [0.15, 0.2) is 23.9 Å². The molecule has 0 aromatic carbocycles. The average Bonchev–Trinajstić information content (AvgIpc) is 2.11. The first kappa shape index (κ1) is 10.1. The van der Waals surface area contributed by atoms with Crippen LogP contribution in [0.4, 0.5) is 0 Å². The van der Waals surface area contributed by atoms with Gasteiger partial charge >= 0.3 is 0 Å². The highest BCUT2D eigenvalue weighted by Gasteiger charge is 2.04. The summed E-state index contributed by atoms with van der Waals surface area (Å²) in [5.74, 6) is -0.807. The molecular formula is C8H8N2O2. The number of hydrogen-bond donors (Lipinski definition) is 1. The van der Waals surface area contributed by atoms with Crippen molar-refractivity contribution in [2.75, 3.05) is 7.05 Å². The van der Waals surface area contributed by atoms with Gasteiger partial charge in [0.05, 0.1) is 0 Å². The van der Waals surface area contributed by atoms with E-state index in [9.17, 15) is 9.59 Å². The summed E-state index contributed by atoms with van der Waals surface area (Å²) >= 11 is 0. The van der Waals surface area contributed by atoms with Gasteiger partial charge in [-0.15, -0.1) is 0 Å². The standard InChI is InChI=1S/C8H8N2O2/c1-10-4-2-3-7(5-9)8(12)6-11/h2-4,6,10H,1H3/b4-2+,7-3+. The smallest absolute Gasteiger partial charge is 0.235 e. The first-order chi connectivity index (χ1) is 5.76. The predicted octanol–water partition coefficient (Wildman–Crippen LogP) is -0.0625. The molecule has 4 nitrogen and oxygen atoms in total. The van der Waals surface area contributed by atoms with Crippen LogP contribution in [0.3, 0.4) is 0 Å². The molecule has 0 radical (unpaired) electrons. The second-order valence-electron chi connectivity index (χ2n) is 1.82. The lowest BCUT2D eigenvalue weighted by Crippen LogP contribution is -2.01. The Hall–Kier alpha value is -1.89. The van der Waals surface area contributed by atoms with E-state index < -0.39 is 5.78 Å². The van der Waals surface area contributed by atoms with Gasteiger partial charge in [0.25, 0.3) is 0 Å². The number of carbonyl (C=O) groups is 2. The monoisotopic (exact) mass is 164 g/mol. The number of carbonyl (C=O) groups excluding carboxylic acids is 2. The minimum atomic E-state index is -0.807. The zero-order valence-electron chi connectivity index (χ0n) is 6.57. The van der Waals surface area contributed by atoms with Gasteiger partial charge in [-0.25, -0.2) is 0 Å². The number of allylic oxidation sites excluding steroid dienone is 3. The van der Waals surface area contributed by atoms with Gasteiger partial charge < -0.3 is 5.32 Å². The third-order valence-electron chi connectivity index (χ3n) is 1.02. The van der Waals surface area contributed by atoms with Gasteiger partial charge in [-0.2, -0.15) is 5.26 Å². The zero-order valence-corrected chi connectivity index (χ0v) is 6.57. The summed E-state index contributed by atoms with van der Waals surface area (Å²) in [6, 6.07) is 1.61. The zero-order chi connectivity index (χ0) is 9.40. The Morgan fingerprint density at radius 2 is 2.25 bits per heavy atom. The predicted molar refractivity (Wildman–Crippen MR) is 43.0 cm³/mol. The average molecular weight is 164 g/mol. The molecule has 0 rings (SSSR count). The molecule has 0 spiro atoms. The summed E-state index contributed by atoms with van der Waals surface area (Å²) in [6.45, 7) is 0. The molecule has 0 fully saturated rings. The normalized spacial score (nSPS) is 10.8. The highest BCUT2D eigenvalue weighted by atomic mass is 16.2. The van der Waals surface area contributed by atoms with Crippen LogP contribution in [-0.4, -0.2) is 19.1 Å². The van der Waals surface area contributed by atoms with Crippen molar-refractivity contribution in [2.45, 2.75) is 0 Å². The van der Waals surface area contributed by atoms with Crippen LogP contribution in [0.2, 0.25) is 0 Å². The summed E-state index contributed by atoms with van der Waals surface area (Å²) < 4.78 is 0. The molecule has 62 valence electrons. The number of nitrogens with one attached hydrogen (secondary N) is 1. The Morgan fingerprint density at radius 1 is 1.58 bits per heavy atom. The van der Waals surface area contributed by atoms with Crippen LogP contribution in [0.25, 0.3) is 0 Å². The second-order valence-corrected chi connectivity index (χ2v) is 1.82. The van der Waals surface area contributed by atoms with Gasteiger partial charge in [-0.05, 0) is 18.4 Å². The molecule has 0 saturated carbocycles. The molecule has 1 N–H and O–H groups in total. The van der Waals surface area contributed by atoms with Gasteiger partial charge in [-0.1, -0.05) is 0 Å². The van der Waals surface area contributed by atoms with E-state index in [4.69, 9.17) is 5.26 Å².